The number of rotatable bonds is 24. The molecule has 0 aromatic carbocycles. The molecule has 0 spiro atoms. The number of hydrazine groups is 1. The number of nitrogens with one attached hydrogen (secondary N) is 20. The molecule has 4 aliphatic heterocycles. The van der Waals surface area contributed by atoms with Crippen LogP contribution in [0.4, 0.5) is 0 Å². The Morgan fingerprint density at radius 3 is 1.49 bits per heavy atom. The second-order valence-corrected chi connectivity index (χ2v) is 39.6. The van der Waals surface area contributed by atoms with Crippen molar-refractivity contribution in [3.8, 4) is 0 Å². The van der Waals surface area contributed by atoms with Gasteiger partial charge in [-0.3, -0.25) is 107 Å². The fourth-order valence-electron chi connectivity index (χ4n) is 14.9. The number of nitrogens with zero attached hydrogens (tertiary/aromatic N) is 6. The van der Waals surface area contributed by atoms with Gasteiger partial charge >= 0.3 is 0 Å². The van der Waals surface area contributed by atoms with E-state index < -0.39 is 291 Å². The number of aromatic nitrogens is 4. The van der Waals surface area contributed by atoms with Crippen LogP contribution in [0.3, 0.4) is 0 Å². The van der Waals surface area contributed by atoms with Crippen LogP contribution < -0.4 is 108 Å². The van der Waals surface area contributed by atoms with Gasteiger partial charge in [-0.05, 0) is 89.4 Å². The van der Waals surface area contributed by atoms with Gasteiger partial charge in [0, 0.05) is 92.1 Å². The molecule has 0 radical (unpaired) electrons. The van der Waals surface area contributed by atoms with Crippen molar-refractivity contribution in [2.75, 3.05) is 87.4 Å². The molecule has 786 valence electrons. The van der Waals surface area contributed by atoms with E-state index in [0.717, 1.165) is 40.2 Å². The van der Waals surface area contributed by atoms with Gasteiger partial charge in [0.2, 0.25) is 112 Å². The van der Waals surface area contributed by atoms with Crippen LogP contribution in [0.15, 0.2) is 25.0 Å². The highest BCUT2D eigenvalue weighted by atomic mass is 32.2. The Labute approximate surface area is 829 Å². The van der Waals surface area contributed by atoms with Crippen LogP contribution in [0.1, 0.15) is 158 Å². The lowest BCUT2D eigenvalue weighted by atomic mass is 9.96. The van der Waals surface area contributed by atoms with Gasteiger partial charge in [0.1, 0.15) is 96.7 Å². The third-order valence-corrected chi connectivity index (χ3v) is 26.5. The number of hydrogen-bond donors (Lipinski definition) is 26. The lowest BCUT2D eigenvalue weighted by molar-refractivity contribution is -0.158. The van der Waals surface area contributed by atoms with Crippen LogP contribution in [0, 0.1) is 29.1 Å². The molecule has 6 heterocycles. The van der Waals surface area contributed by atoms with E-state index >= 15 is 19.2 Å². The third kappa shape index (κ3) is 38.4. The molecule has 4 aliphatic rings. The monoisotopic (exact) mass is 2040 g/mol. The number of unbranched alkanes of at least 4 members (excludes halogenated alkanes) is 1. The molecule has 18 atom stereocenters. The maximum Gasteiger partial charge on any atom is 0.257 e. The number of amides is 20. The molecular formula is C86H141N29O23S3. The highest BCUT2D eigenvalue weighted by Crippen LogP contribution is 2.25. The molecule has 0 saturated carbocycles. The average molecular weight is 2050 g/mol. The van der Waals surface area contributed by atoms with Crippen LogP contribution >= 0.6 is 35.3 Å². The number of primary amides is 1. The summed E-state index contributed by atoms with van der Waals surface area (Å²) in [5, 5.41) is 78.4. The third-order valence-electron chi connectivity index (χ3n) is 23.3. The molecule has 0 aliphatic carbocycles. The first-order chi connectivity index (χ1) is 66.8. The molecule has 52 nitrogen and oxygen atoms in total. The van der Waals surface area contributed by atoms with Crippen LogP contribution in [0.2, 0.25) is 0 Å². The Hall–Kier alpha value is -12.1. The first-order valence-corrected chi connectivity index (χ1v) is 50.3. The largest absolute Gasteiger partial charge is 0.394 e. The summed E-state index contributed by atoms with van der Waals surface area (Å²) in [5.74, 6) is -22.7. The Bertz CT molecular complexity index is 4620. The fraction of sp³-hybridized carbons (Fsp3) is 0.686. The molecule has 0 unspecified atom stereocenters. The summed E-state index contributed by atoms with van der Waals surface area (Å²) in [5.41, 5.74) is 22.0. The zero-order valence-electron chi connectivity index (χ0n) is 81.2. The normalized spacial score (nSPS) is 26.3. The van der Waals surface area contributed by atoms with Gasteiger partial charge in [-0.1, -0.05) is 61.8 Å². The summed E-state index contributed by atoms with van der Waals surface area (Å²) in [6, 6.07) is -26.3. The van der Waals surface area contributed by atoms with E-state index in [0.29, 0.717) is 6.42 Å². The quantitative estimate of drug-likeness (QED) is 0.0264. The Balaban J connectivity index is 1.47. The number of carbonyl (C=O) groups excluding carboxylic acids is 20. The van der Waals surface area contributed by atoms with Crippen molar-refractivity contribution < 1.29 is 111 Å². The topological polar surface area (TPSA) is 779 Å². The fourth-order valence-corrected chi connectivity index (χ4v) is 17.8. The SMILES string of the molecule is CC[C@H](C)[C@@H]1NC(=O)[C@H](CCCCNC(=N)N)NC(=O)[C@@H]2CCCN2C(=O)[C@H](CC(C)C)NC(=O)[C@H](CC(C)C)NC(=O)[C@H](CO)NC(=O)[C@H](CO)NNC(=O)[C@@H]2CSCCC(=O)N3CN(CN(C3)C(=O)CCSC[C@@H](C(=O)N[C@@H](C)C(N)=O)NC(=O)[C@H](Cc3c[nH]cn3)NC1=O)C(=O)CCSC[C@H](NC(=O)[C@H](C)N)C(=O)N[C@@H](C(C)C)C(=O)N[C@@H](C)C(=O)N[C@@H](CO)C(=O)N[C@@H](Cc1c[nH]cn1)C(=O)N2. The minimum atomic E-state index is -1.91. The summed E-state index contributed by atoms with van der Waals surface area (Å²) in [6.45, 7) is 12.7. The average Bonchev–Trinajstić information content (AvgIpc) is 1.79. The number of H-pyrrole nitrogens is 2. The number of guanidine groups is 1. The number of fused-ring (bicyclic) bond motifs is 8. The van der Waals surface area contributed by atoms with E-state index in [1.165, 1.54) is 60.5 Å². The van der Waals surface area contributed by atoms with E-state index in [-0.39, 0.29) is 135 Å². The van der Waals surface area contributed by atoms with Crippen molar-refractivity contribution in [1.29, 1.82) is 5.41 Å². The first-order valence-electron chi connectivity index (χ1n) is 46.9. The van der Waals surface area contributed by atoms with Gasteiger partial charge in [0.05, 0.1) is 69.9 Å². The van der Waals surface area contributed by atoms with Gasteiger partial charge < -0.3 is 142 Å². The van der Waals surface area contributed by atoms with Gasteiger partial charge in [-0.2, -0.15) is 35.3 Å². The Morgan fingerprint density at radius 2 is 0.979 bits per heavy atom. The second-order valence-electron chi connectivity index (χ2n) is 36.1. The van der Waals surface area contributed by atoms with Gasteiger partial charge in [-0.25, -0.2) is 15.4 Å². The molecule has 4 bridgehead atoms. The highest BCUT2D eigenvalue weighted by Gasteiger charge is 2.44. The maximum absolute atomic E-state index is 15.1. The minimum absolute atomic E-state index is 0.0119. The molecule has 29 N–H and O–H groups in total. The number of thioether (sulfide) groups is 3. The molecule has 55 heteroatoms. The summed E-state index contributed by atoms with van der Waals surface area (Å²) in [7, 11) is 0. The Kier molecular flexibility index (Phi) is 49.2. The Morgan fingerprint density at radius 1 is 0.518 bits per heavy atom. The van der Waals surface area contributed by atoms with E-state index in [1.807, 2.05) is 0 Å². The van der Waals surface area contributed by atoms with Crippen LogP contribution in [-0.4, -0.2) is 369 Å². The zero-order valence-corrected chi connectivity index (χ0v) is 83.6. The van der Waals surface area contributed by atoms with E-state index in [4.69, 9.17) is 22.6 Å². The number of imidazole rings is 2. The van der Waals surface area contributed by atoms with Crippen molar-refractivity contribution in [3.05, 3.63) is 36.4 Å². The van der Waals surface area contributed by atoms with Gasteiger partial charge in [0.25, 0.3) is 5.91 Å². The van der Waals surface area contributed by atoms with Crippen molar-refractivity contribution in [3.63, 3.8) is 0 Å². The van der Waals surface area contributed by atoms with Crippen molar-refractivity contribution in [2.45, 2.75) is 262 Å². The van der Waals surface area contributed by atoms with E-state index in [1.54, 1.807) is 55.4 Å². The van der Waals surface area contributed by atoms with Crippen LogP contribution in [0.25, 0.3) is 0 Å². The van der Waals surface area contributed by atoms with Crippen LogP contribution in [0.5, 0.6) is 0 Å². The van der Waals surface area contributed by atoms with Crippen molar-refractivity contribution in [2.24, 2.45) is 40.9 Å². The number of aliphatic hydroxyl groups is 3. The number of aliphatic hydroxyl groups excluding tert-OH is 3. The van der Waals surface area contributed by atoms with E-state index in [2.05, 4.69) is 111 Å². The highest BCUT2D eigenvalue weighted by molar-refractivity contribution is 7.99. The molecular weight excluding hydrogens is 1900 g/mol. The number of nitrogens with two attached hydrogens (primary N) is 3. The summed E-state index contributed by atoms with van der Waals surface area (Å²) in [6.07, 6.45) is 4.21. The summed E-state index contributed by atoms with van der Waals surface area (Å²) in [4.78, 5) is 308. The lowest BCUT2D eigenvalue weighted by Crippen LogP contribution is -2.63. The van der Waals surface area contributed by atoms with Crippen molar-refractivity contribution in [1.82, 2.24) is 130 Å². The molecule has 6 rings (SSSR count). The van der Waals surface area contributed by atoms with Crippen molar-refractivity contribution >= 4 is 159 Å². The maximum atomic E-state index is 15.1. The van der Waals surface area contributed by atoms with E-state index in [9.17, 15) is 92.0 Å². The molecule has 2 aromatic heterocycles. The summed E-state index contributed by atoms with van der Waals surface area (Å²) >= 11 is 2.82. The smallest absolute Gasteiger partial charge is 0.257 e. The molecule has 4 saturated heterocycles. The first kappa shape index (κ1) is 118. The number of carbonyl (C=O) groups is 20. The number of hydrogen-bond acceptors (Lipinski definition) is 31. The number of aromatic amines is 2. The predicted molar refractivity (Wildman–Crippen MR) is 515 cm³/mol. The second kappa shape index (κ2) is 59.0. The molecule has 20 amide bonds. The minimum Gasteiger partial charge on any atom is -0.394 e. The van der Waals surface area contributed by atoms with Crippen LogP contribution in [-0.2, 0) is 109 Å². The van der Waals surface area contributed by atoms with Gasteiger partial charge in [-0.15, -0.1) is 0 Å². The lowest BCUT2D eigenvalue weighted by Gasteiger charge is -2.42. The molecule has 2 aromatic rings. The predicted octanol–water partition coefficient (Wildman–Crippen LogP) is -9.25. The van der Waals surface area contributed by atoms with Gasteiger partial charge in [0.15, 0.2) is 5.96 Å². The molecule has 141 heavy (non-hydrogen) atoms. The zero-order chi connectivity index (χ0) is 105. The molecule has 4 fully saturated rings. The standard InChI is InChI=1S/C86H141N29O23S3/c1-12-46(8)68-84(137)101-55(29-51-31-92-39-95-51)75(128)106-60(79(132)96-48(10)69(88)122)35-139-23-18-64(119)112-40-113-42-114(41-112)66(121)20-25-141-37-62(107-74(127)54(28-50-30-91-38-94-50)100-76(129)57(32-116)103-71(124)49(11)97-83(136)67(45(6)7)108-80(133)61(105-70(123)47(9)87)36-140-24-19-65(113)120)81(134)111-110-59(34-118)78(131)104-58(33-117)77(130)99-53(26-43(2)3)73(126)102-56(27-44(4)5)85(138)115-22-15-17-63(115)82(135)98-52(72(125)109-68)16-13-14-21-93-86(89)90/h30-31,38-39,43-49,52-63,67-68,110,116-118H,12-29,32-37,40-42,87H2,1-11H3,(H2,88,122)(H,91,94)(H,92,95)(H,96,132)(H,97,136)(H,98,135)(H,99,130)(H,100,129)(H,101,137)(H,102,126)(H,103,124)(H,104,131)(H,105,123)(H,106,128)(H,107,127)(H,108,133)(H,109,125)(H,111,134)(H4,89,90,93)/t46-,47-,48-,49-,52-,53-,54-,55-,56-,57-,58-,59-,60-,61-,62-,63-,67-,68-/m0/s1. The summed E-state index contributed by atoms with van der Waals surface area (Å²) < 4.78 is 0.